The van der Waals surface area contributed by atoms with E-state index in [0.29, 0.717) is 0 Å². The van der Waals surface area contributed by atoms with Crippen LogP contribution in [0.5, 0.6) is 0 Å². The second-order valence-electron chi connectivity index (χ2n) is 4.69. The molecule has 0 radical (unpaired) electrons. The Bertz CT molecular complexity index is 455. The van der Waals surface area contributed by atoms with Gasteiger partial charge in [0.1, 0.15) is 0 Å². The van der Waals surface area contributed by atoms with Crippen LogP contribution in [-0.2, 0) is 16.0 Å². The van der Waals surface area contributed by atoms with Crippen LogP contribution in [0.4, 0.5) is 5.69 Å². The van der Waals surface area contributed by atoms with Crippen molar-refractivity contribution in [2.45, 2.75) is 46.0 Å². The molecule has 0 unspecified atom stereocenters. The van der Waals surface area contributed by atoms with Gasteiger partial charge in [-0.05, 0) is 37.0 Å². The first-order valence-electron chi connectivity index (χ1n) is 6.64. The van der Waals surface area contributed by atoms with Crippen LogP contribution in [0.3, 0.4) is 0 Å². The smallest absolute Gasteiger partial charge is 0.303 e. The van der Waals surface area contributed by atoms with E-state index < -0.39 is 5.97 Å². The van der Waals surface area contributed by atoms with E-state index in [9.17, 15) is 9.59 Å². The Kier molecular flexibility index (Phi) is 6.06. The third-order valence-corrected chi connectivity index (χ3v) is 2.95. The van der Waals surface area contributed by atoms with Crippen molar-refractivity contribution in [3.05, 3.63) is 29.3 Å². The Labute approximate surface area is 113 Å². The number of nitrogens with one attached hydrogen (secondary N) is 1. The molecule has 19 heavy (non-hydrogen) atoms. The van der Waals surface area contributed by atoms with Crippen LogP contribution in [0.1, 0.15) is 43.7 Å². The summed E-state index contributed by atoms with van der Waals surface area (Å²) >= 11 is 0. The van der Waals surface area contributed by atoms with Crippen molar-refractivity contribution in [2.75, 3.05) is 5.32 Å². The van der Waals surface area contributed by atoms with Gasteiger partial charge in [0.15, 0.2) is 0 Å². The zero-order valence-corrected chi connectivity index (χ0v) is 11.5. The average molecular weight is 263 g/mol. The maximum atomic E-state index is 11.6. The van der Waals surface area contributed by atoms with Crippen LogP contribution in [0.2, 0.25) is 0 Å². The van der Waals surface area contributed by atoms with Gasteiger partial charge in [0, 0.05) is 12.1 Å². The molecule has 0 atom stereocenters. The minimum atomic E-state index is -0.957. The highest BCUT2D eigenvalue weighted by molar-refractivity contribution is 5.93. The third-order valence-electron chi connectivity index (χ3n) is 2.95. The second kappa shape index (κ2) is 7.56. The highest BCUT2D eigenvalue weighted by Crippen LogP contribution is 2.18. The minimum absolute atomic E-state index is 0.00631. The molecule has 1 rings (SSSR count). The van der Waals surface area contributed by atoms with E-state index in [1.165, 1.54) is 5.56 Å². The number of rotatable bonds is 7. The molecule has 0 aliphatic carbocycles. The molecule has 0 spiro atoms. The molecule has 0 saturated heterocycles. The molecular formula is C15H21NO3. The van der Waals surface area contributed by atoms with Crippen molar-refractivity contribution in [1.29, 1.82) is 0 Å². The fourth-order valence-corrected chi connectivity index (χ4v) is 1.84. The Morgan fingerprint density at radius 2 is 2.00 bits per heavy atom. The molecular weight excluding hydrogens is 242 g/mol. The zero-order valence-electron chi connectivity index (χ0n) is 11.5. The van der Waals surface area contributed by atoms with Gasteiger partial charge in [0.05, 0.1) is 6.42 Å². The molecule has 104 valence electrons. The van der Waals surface area contributed by atoms with Crippen LogP contribution < -0.4 is 5.32 Å². The largest absolute Gasteiger partial charge is 0.481 e. The first-order chi connectivity index (χ1) is 9.02. The summed E-state index contributed by atoms with van der Waals surface area (Å²) in [6.07, 6.45) is 3.23. The van der Waals surface area contributed by atoms with Crippen molar-refractivity contribution >= 4 is 17.6 Å². The normalized spacial score (nSPS) is 10.2. The molecule has 1 amide bonds. The molecule has 0 aliphatic heterocycles. The topological polar surface area (TPSA) is 66.4 Å². The van der Waals surface area contributed by atoms with Crippen LogP contribution in [0, 0.1) is 6.92 Å². The molecule has 0 heterocycles. The first-order valence-corrected chi connectivity index (χ1v) is 6.64. The highest BCUT2D eigenvalue weighted by Gasteiger charge is 2.07. The molecule has 0 bridgehead atoms. The number of aliphatic carboxylic acids is 1. The number of benzene rings is 1. The lowest BCUT2D eigenvalue weighted by Crippen LogP contribution is -2.14. The maximum absolute atomic E-state index is 11.6. The fraction of sp³-hybridized carbons (Fsp3) is 0.467. The summed E-state index contributed by atoms with van der Waals surface area (Å²) < 4.78 is 0. The Balaban J connectivity index is 2.59. The number of amides is 1. The first kappa shape index (κ1) is 15.2. The SMILES string of the molecule is CCCCc1ccc(NC(=O)CCC(=O)O)c(C)c1. The summed E-state index contributed by atoms with van der Waals surface area (Å²) in [7, 11) is 0. The van der Waals surface area contributed by atoms with Crippen LogP contribution in [0.15, 0.2) is 18.2 Å². The fourth-order valence-electron chi connectivity index (χ4n) is 1.84. The number of unbranched alkanes of at least 4 members (excludes halogenated alkanes) is 1. The average Bonchev–Trinajstić information content (AvgIpc) is 2.37. The number of aryl methyl sites for hydroxylation is 2. The molecule has 1 aromatic rings. The van der Waals surface area contributed by atoms with E-state index in [2.05, 4.69) is 18.3 Å². The summed E-state index contributed by atoms with van der Waals surface area (Å²) in [5, 5.41) is 11.3. The van der Waals surface area contributed by atoms with Gasteiger partial charge >= 0.3 is 5.97 Å². The van der Waals surface area contributed by atoms with Crippen LogP contribution >= 0.6 is 0 Å². The zero-order chi connectivity index (χ0) is 14.3. The quantitative estimate of drug-likeness (QED) is 0.794. The van der Waals surface area contributed by atoms with Gasteiger partial charge < -0.3 is 10.4 Å². The van der Waals surface area contributed by atoms with Crippen molar-refractivity contribution in [1.82, 2.24) is 0 Å². The van der Waals surface area contributed by atoms with Crippen molar-refractivity contribution in [3.8, 4) is 0 Å². The standard InChI is InChI=1S/C15H21NO3/c1-3-4-5-12-6-7-13(11(2)10-12)16-14(17)8-9-15(18)19/h6-7,10H,3-5,8-9H2,1-2H3,(H,16,17)(H,18,19). The summed E-state index contributed by atoms with van der Waals surface area (Å²) in [6, 6.07) is 5.97. The number of hydrogen-bond acceptors (Lipinski definition) is 2. The van der Waals surface area contributed by atoms with Gasteiger partial charge in [-0.3, -0.25) is 9.59 Å². The monoisotopic (exact) mass is 263 g/mol. The summed E-state index contributed by atoms with van der Waals surface area (Å²) in [4.78, 5) is 21.9. The second-order valence-corrected chi connectivity index (χ2v) is 4.69. The highest BCUT2D eigenvalue weighted by atomic mass is 16.4. The van der Waals surface area contributed by atoms with E-state index >= 15 is 0 Å². The van der Waals surface area contributed by atoms with Crippen molar-refractivity contribution < 1.29 is 14.7 Å². The maximum Gasteiger partial charge on any atom is 0.303 e. The molecule has 0 fully saturated rings. The summed E-state index contributed by atoms with van der Waals surface area (Å²) in [6.45, 7) is 4.10. The molecule has 0 aromatic heterocycles. The lowest BCUT2D eigenvalue weighted by Gasteiger charge is -2.10. The van der Waals surface area contributed by atoms with E-state index in [0.717, 1.165) is 30.5 Å². The Morgan fingerprint density at radius 1 is 1.26 bits per heavy atom. The molecule has 4 nitrogen and oxygen atoms in total. The third kappa shape index (κ3) is 5.55. The molecule has 0 saturated carbocycles. The summed E-state index contributed by atoms with van der Waals surface area (Å²) in [5.41, 5.74) is 3.04. The van der Waals surface area contributed by atoms with Gasteiger partial charge in [0.25, 0.3) is 0 Å². The van der Waals surface area contributed by atoms with E-state index in [-0.39, 0.29) is 18.7 Å². The molecule has 0 aliphatic rings. The number of anilines is 1. The Morgan fingerprint density at radius 3 is 2.58 bits per heavy atom. The lowest BCUT2D eigenvalue weighted by atomic mass is 10.0. The predicted molar refractivity (Wildman–Crippen MR) is 75.3 cm³/mol. The Hall–Kier alpha value is -1.84. The molecule has 4 heteroatoms. The minimum Gasteiger partial charge on any atom is -0.481 e. The number of carbonyl (C=O) groups is 2. The number of carboxylic acids is 1. The van der Waals surface area contributed by atoms with Gasteiger partial charge in [-0.2, -0.15) is 0 Å². The van der Waals surface area contributed by atoms with Gasteiger partial charge in [-0.25, -0.2) is 0 Å². The van der Waals surface area contributed by atoms with Gasteiger partial charge in [-0.1, -0.05) is 25.5 Å². The van der Waals surface area contributed by atoms with E-state index in [1.807, 2.05) is 19.1 Å². The van der Waals surface area contributed by atoms with Gasteiger partial charge in [0.2, 0.25) is 5.91 Å². The van der Waals surface area contributed by atoms with Crippen molar-refractivity contribution in [2.24, 2.45) is 0 Å². The number of carbonyl (C=O) groups excluding carboxylic acids is 1. The predicted octanol–water partition coefficient (Wildman–Crippen LogP) is 3.14. The van der Waals surface area contributed by atoms with E-state index in [4.69, 9.17) is 5.11 Å². The van der Waals surface area contributed by atoms with Crippen molar-refractivity contribution in [3.63, 3.8) is 0 Å². The van der Waals surface area contributed by atoms with Crippen LogP contribution in [-0.4, -0.2) is 17.0 Å². The number of hydrogen-bond donors (Lipinski definition) is 2. The number of carboxylic acid groups (broad SMARTS) is 1. The van der Waals surface area contributed by atoms with Gasteiger partial charge in [-0.15, -0.1) is 0 Å². The van der Waals surface area contributed by atoms with E-state index in [1.54, 1.807) is 0 Å². The molecule has 1 aromatic carbocycles. The van der Waals surface area contributed by atoms with Crippen LogP contribution in [0.25, 0.3) is 0 Å². The lowest BCUT2D eigenvalue weighted by molar-refractivity contribution is -0.138. The molecule has 2 N–H and O–H groups in total. The summed E-state index contributed by atoms with van der Waals surface area (Å²) in [5.74, 6) is -1.21.